The number of hydrogen-bond acceptors (Lipinski definition) is 4. The third kappa shape index (κ3) is 3.37. The molecule has 0 saturated carbocycles. The van der Waals surface area contributed by atoms with Gasteiger partial charge in [-0.2, -0.15) is 13.2 Å². The number of rotatable bonds is 3. The van der Waals surface area contributed by atoms with Crippen molar-refractivity contribution in [3.63, 3.8) is 0 Å². The second kappa shape index (κ2) is 6.53. The summed E-state index contributed by atoms with van der Waals surface area (Å²) in [7, 11) is 0. The second-order valence-electron chi connectivity index (χ2n) is 6.41. The van der Waals surface area contributed by atoms with Crippen molar-refractivity contribution in [1.82, 2.24) is 0 Å². The summed E-state index contributed by atoms with van der Waals surface area (Å²) in [5.41, 5.74) is -1.93. The van der Waals surface area contributed by atoms with Gasteiger partial charge < -0.3 is 4.84 Å². The zero-order valence-corrected chi connectivity index (χ0v) is 15.1. The van der Waals surface area contributed by atoms with E-state index in [1.807, 2.05) is 0 Å². The molecule has 1 atom stereocenters. The number of oxime groups is 1. The molecule has 0 fully saturated rings. The normalized spacial score (nSPS) is 19.6. The van der Waals surface area contributed by atoms with Gasteiger partial charge in [0.15, 0.2) is 0 Å². The lowest BCUT2D eigenvalue weighted by Gasteiger charge is -2.29. The maximum atomic E-state index is 14.0. The van der Waals surface area contributed by atoms with E-state index >= 15 is 0 Å². The van der Waals surface area contributed by atoms with Gasteiger partial charge in [0.25, 0.3) is 11.3 Å². The number of nitro groups is 1. The monoisotopic (exact) mass is 398 g/mol. The first-order chi connectivity index (χ1) is 12.5. The van der Waals surface area contributed by atoms with Crippen LogP contribution in [0.2, 0.25) is 5.02 Å². The van der Waals surface area contributed by atoms with E-state index < -0.39 is 23.1 Å². The Morgan fingerprint density at radius 2 is 1.93 bits per heavy atom. The molecule has 0 bridgehead atoms. The Morgan fingerprint density at radius 1 is 1.22 bits per heavy atom. The van der Waals surface area contributed by atoms with Crippen molar-refractivity contribution in [3.8, 4) is 0 Å². The van der Waals surface area contributed by atoms with Crippen LogP contribution in [0.3, 0.4) is 0 Å². The third-order valence-corrected chi connectivity index (χ3v) is 4.65. The number of hydrogen-bond donors (Lipinski definition) is 0. The molecule has 1 unspecified atom stereocenters. The number of nitrogens with zero attached hydrogens (tertiary/aromatic N) is 2. The van der Waals surface area contributed by atoms with Crippen LogP contribution in [0.15, 0.2) is 41.6 Å². The molecule has 1 aliphatic rings. The molecule has 0 aromatic heterocycles. The van der Waals surface area contributed by atoms with E-state index in [4.69, 9.17) is 16.4 Å². The maximum absolute atomic E-state index is 14.0. The highest BCUT2D eigenvalue weighted by molar-refractivity contribution is 6.30. The maximum Gasteiger partial charge on any atom is 0.435 e. The minimum Gasteiger partial charge on any atom is -0.374 e. The van der Waals surface area contributed by atoms with E-state index in [0.717, 1.165) is 0 Å². The van der Waals surface area contributed by atoms with Crippen molar-refractivity contribution in [2.24, 2.45) is 5.16 Å². The fourth-order valence-corrected chi connectivity index (χ4v) is 3.30. The van der Waals surface area contributed by atoms with Gasteiger partial charge in [-0.25, -0.2) is 0 Å². The molecular formula is C18H14ClF3N2O3. The Bertz CT molecular complexity index is 939. The minimum atomic E-state index is -4.77. The van der Waals surface area contributed by atoms with Crippen molar-refractivity contribution in [1.29, 1.82) is 0 Å². The highest BCUT2D eigenvalue weighted by Crippen LogP contribution is 2.49. The average molecular weight is 399 g/mol. The molecule has 0 radical (unpaired) electrons. The van der Waals surface area contributed by atoms with Crippen LogP contribution in [-0.4, -0.2) is 16.8 Å². The van der Waals surface area contributed by atoms with Crippen molar-refractivity contribution in [2.75, 3.05) is 0 Å². The lowest BCUT2D eigenvalue weighted by molar-refractivity contribution is -0.385. The zero-order valence-electron chi connectivity index (χ0n) is 14.3. The summed E-state index contributed by atoms with van der Waals surface area (Å²) in [6, 6.07) is 8.23. The molecule has 9 heteroatoms. The van der Waals surface area contributed by atoms with Crippen LogP contribution < -0.4 is 0 Å². The molecular weight excluding hydrogens is 385 g/mol. The highest BCUT2D eigenvalue weighted by atomic mass is 35.5. The Kier molecular flexibility index (Phi) is 4.63. The molecule has 0 aliphatic carbocycles. The van der Waals surface area contributed by atoms with Crippen LogP contribution in [-0.2, 0) is 10.4 Å². The molecule has 1 heterocycles. The molecule has 2 aromatic rings. The fourth-order valence-electron chi connectivity index (χ4n) is 3.01. The summed E-state index contributed by atoms with van der Waals surface area (Å²) in [5, 5.41) is 14.9. The zero-order chi connectivity index (χ0) is 20.0. The highest BCUT2D eigenvalue weighted by Gasteiger charge is 2.62. The fraction of sp³-hybridized carbons (Fsp3) is 0.278. The van der Waals surface area contributed by atoms with Crippen molar-refractivity contribution in [2.45, 2.75) is 32.0 Å². The Morgan fingerprint density at radius 3 is 2.52 bits per heavy atom. The summed E-state index contributed by atoms with van der Waals surface area (Å²) in [6.07, 6.45) is -5.39. The summed E-state index contributed by atoms with van der Waals surface area (Å²) >= 11 is 5.93. The smallest absolute Gasteiger partial charge is 0.374 e. The predicted octanol–water partition coefficient (Wildman–Crippen LogP) is 5.45. The molecule has 0 spiro atoms. The first-order valence-electron chi connectivity index (χ1n) is 7.88. The summed E-state index contributed by atoms with van der Waals surface area (Å²) in [6.45, 7) is 3.17. The van der Waals surface area contributed by atoms with Gasteiger partial charge >= 0.3 is 6.18 Å². The molecule has 5 nitrogen and oxygen atoms in total. The van der Waals surface area contributed by atoms with Gasteiger partial charge in [-0.3, -0.25) is 10.1 Å². The van der Waals surface area contributed by atoms with E-state index in [1.165, 1.54) is 36.4 Å². The summed E-state index contributed by atoms with van der Waals surface area (Å²) in [4.78, 5) is 15.5. The van der Waals surface area contributed by atoms with Gasteiger partial charge in [0.2, 0.25) is 0 Å². The SMILES string of the molecule is Cc1cc(Cl)cc(C2(C(F)(F)F)CC(c3ccc(C)c([N+](=O)[O-])c3)=NO2)c1. The number of aryl methyl sites for hydroxylation is 2. The topological polar surface area (TPSA) is 64.7 Å². The van der Waals surface area contributed by atoms with E-state index in [1.54, 1.807) is 13.8 Å². The van der Waals surface area contributed by atoms with Gasteiger partial charge in [0.05, 0.1) is 10.6 Å². The van der Waals surface area contributed by atoms with E-state index in [0.29, 0.717) is 11.1 Å². The number of halogens is 4. The van der Waals surface area contributed by atoms with Crippen LogP contribution in [0.25, 0.3) is 0 Å². The lowest BCUT2D eigenvalue weighted by Crippen LogP contribution is -2.42. The minimum absolute atomic E-state index is 0.0203. The Hall–Kier alpha value is -2.61. The van der Waals surface area contributed by atoms with Gasteiger partial charge in [-0.1, -0.05) is 35.0 Å². The van der Waals surface area contributed by atoms with Crippen LogP contribution in [0.1, 0.15) is 28.7 Å². The van der Waals surface area contributed by atoms with Crippen LogP contribution in [0, 0.1) is 24.0 Å². The third-order valence-electron chi connectivity index (χ3n) is 4.43. The molecule has 27 heavy (non-hydrogen) atoms. The number of benzene rings is 2. The first kappa shape index (κ1) is 19.2. The van der Waals surface area contributed by atoms with Gasteiger partial charge in [-0.05, 0) is 31.5 Å². The van der Waals surface area contributed by atoms with Gasteiger partial charge in [0, 0.05) is 34.2 Å². The van der Waals surface area contributed by atoms with Crippen LogP contribution >= 0.6 is 11.6 Å². The quantitative estimate of drug-likeness (QED) is 0.510. The molecule has 0 amide bonds. The lowest BCUT2D eigenvalue weighted by atomic mass is 9.85. The largest absolute Gasteiger partial charge is 0.435 e. The Labute approximate surface area is 157 Å². The standard InChI is InChI=1S/C18H14ClF3N2O3/c1-10-5-13(8-14(19)6-10)17(18(20,21)22)9-15(23-27-17)12-4-3-11(2)16(7-12)24(25)26/h3-8H,9H2,1-2H3. The molecule has 3 rings (SSSR count). The van der Waals surface area contributed by atoms with Crippen molar-refractivity contribution < 1.29 is 22.9 Å². The first-order valence-corrected chi connectivity index (χ1v) is 8.26. The molecule has 142 valence electrons. The number of alkyl halides is 3. The van der Waals surface area contributed by atoms with Crippen LogP contribution in [0.4, 0.5) is 18.9 Å². The predicted molar refractivity (Wildman–Crippen MR) is 94.0 cm³/mol. The van der Waals surface area contributed by atoms with Crippen molar-refractivity contribution in [3.05, 3.63) is 73.8 Å². The summed E-state index contributed by atoms with van der Waals surface area (Å²) < 4.78 is 41.9. The second-order valence-corrected chi connectivity index (χ2v) is 6.84. The average Bonchev–Trinajstić information content (AvgIpc) is 3.00. The molecule has 1 aliphatic heterocycles. The van der Waals surface area contributed by atoms with Gasteiger partial charge in [-0.15, -0.1) is 0 Å². The summed E-state index contributed by atoms with van der Waals surface area (Å²) in [5.74, 6) is 0. The number of nitro benzene ring substituents is 1. The molecule has 0 N–H and O–H groups in total. The molecule has 2 aromatic carbocycles. The van der Waals surface area contributed by atoms with E-state index in [-0.39, 0.29) is 27.5 Å². The molecule has 0 saturated heterocycles. The van der Waals surface area contributed by atoms with Crippen LogP contribution in [0.5, 0.6) is 0 Å². The Balaban J connectivity index is 2.05. The van der Waals surface area contributed by atoms with Gasteiger partial charge in [0.1, 0.15) is 0 Å². The van der Waals surface area contributed by atoms with E-state index in [9.17, 15) is 23.3 Å². The van der Waals surface area contributed by atoms with Crippen molar-refractivity contribution >= 4 is 23.0 Å². The van der Waals surface area contributed by atoms with E-state index in [2.05, 4.69) is 5.16 Å².